The average Bonchev–Trinajstić information content (AvgIpc) is 2.39. The molecule has 0 aliphatic carbocycles. The molecule has 0 unspecified atom stereocenters. The minimum Gasteiger partial charge on any atom is -0.326 e. The third-order valence-corrected chi connectivity index (χ3v) is 3.97. The van der Waals surface area contributed by atoms with Crippen LogP contribution in [0.15, 0.2) is 24.3 Å². The predicted octanol–water partition coefficient (Wildman–Crippen LogP) is 3.73. The summed E-state index contributed by atoms with van der Waals surface area (Å²) in [6.45, 7) is 8.66. The molecule has 0 aromatic heterocycles. The standard InChI is InChI=1S/C17H26N2O.ClH/c1-17(2,3)14-4-6-15(7-5-14)19-16(20)12-13-8-10-18-11-9-13;/h4-7,13,18H,8-12H2,1-3H3,(H,19,20);1H. The summed E-state index contributed by atoms with van der Waals surface area (Å²) in [6.07, 6.45) is 2.86. The van der Waals surface area contributed by atoms with E-state index in [4.69, 9.17) is 0 Å². The molecule has 0 spiro atoms. The summed E-state index contributed by atoms with van der Waals surface area (Å²) >= 11 is 0. The molecule has 21 heavy (non-hydrogen) atoms. The van der Waals surface area contributed by atoms with Crippen molar-refractivity contribution in [3.63, 3.8) is 0 Å². The van der Waals surface area contributed by atoms with Crippen molar-refractivity contribution in [1.29, 1.82) is 0 Å². The number of benzene rings is 1. The fraction of sp³-hybridized carbons (Fsp3) is 0.588. The molecule has 1 amide bonds. The normalized spacial score (nSPS) is 16.1. The fourth-order valence-electron chi connectivity index (χ4n) is 2.61. The van der Waals surface area contributed by atoms with E-state index >= 15 is 0 Å². The van der Waals surface area contributed by atoms with Gasteiger partial charge in [0.05, 0.1) is 0 Å². The summed E-state index contributed by atoms with van der Waals surface area (Å²) < 4.78 is 0. The molecule has 2 rings (SSSR count). The summed E-state index contributed by atoms with van der Waals surface area (Å²) in [7, 11) is 0. The zero-order valence-corrected chi connectivity index (χ0v) is 14.1. The highest BCUT2D eigenvalue weighted by Gasteiger charge is 2.17. The first-order valence-corrected chi connectivity index (χ1v) is 7.56. The Morgan fingerprint density at radius 3 is 2.29 bits per heavy atom. The van der Waals surface area contributed by atoms with E-state index in [9.17, 15) is 4.79 Å². The highest BCUT2D eigenvalue weighted by Crippen LogP contribution is 2.24. The van der Waals surface area contributed by atoms with Crippen molar-refractivity contribution >= 4 is 24.0 Å². The molecule has 1 aromatic carbocycles. The number of rotatable bonds is 3. The topological polar surface area (TPSA) is 41.1 Å². The van der Waals surface area contributed by atoms with E-state index < -0.39 is 0 Å². The third kappa shape index (κ3) is 5.68. The van der Waals surface area contributed by atoms with E-state index in [1.165, 1.54) is 5.56 Å². The van der Waals surface area contributed by atoms with Crippen molar-refractivity contribution < 1.29 is 4.79 Å². The van der Waals surface area contributed by atoms with Crippen LogP contribution >= 0.6 is 12.4 Å². The lowest BCUT2D eigenvalue weighted by atomic mass is 9.87. The molecule has 0 atom stereocenters. The number of anilines is 1. The number of nitrogens with one attached hydrogen (secondary N) is 2. The first-order chi connectivity index (χ1) is 9.45. The maximum absolute atomic E-state index is 12.0. The summed E-state index contributed by atoms with van der Waals surface area (Å²) in [4.78, 5) is 12.0. The molecule has 2 N–H and O–H groups in total. The first kappa shape index (κ1) is 18.0. The second-order valence-corrected chi connectivity index (χ2v) is 6.77. The molecule has 0 saturated carbocycles. The zero-order chi connectivity index (χ0) is 14.6. The van der Waals surface area contributed by atoms with E-state index in [2.05, 4.69) is 43.5 Å². The van der Waals surface area contributed by atoms with Crippen molar-refractivity contribution in [2.24, 2.45) is 5.92 Å². The van der Waals surface area contributed by atoms with Gasteiger partial charge in [0.1, 0.15) is 0 Å². The van der Waals surface area contributed by atoms with Crippen LogP contribution in [0, 0.1) is 5.92 Å². The van der Waals surface area contributed by atoms with E-state index in [0.29, 0.717) is 12.3 Å². The SMILES string of the molecule is CC(C)(C)c1ccc(NC(=O)CC2CCNCC2)cc1.Cl. The Kier molecular flexibility index (Phi) is 6.69. The van der Waals surface area contributed by atoms with E-state index in [1.54, 1.807) is 0 Å². The number of carbonyl (C=O) groups is 1. The monoisotopic (exact) mass is 310 g/mol. The van der Waals surface area contributed by atoms with Crippen molar-refractivity contribution in [3.8, 4) is 0 Å². The Labute approximate surface area is 134 Å². The molecular weight excluding hydrogens is 284 g/mol. The molecular formula is C17H27ClN2O. The highest BCUT2D eigenvalue weighted by molar-refractivity contribution is 5.90. The van der Waals surface area contributed by atoms with Gasteiger partial charge in [-0.2, -0.15) is 0 Å². The van der Waals surface area contributed by atoms with E-state index in [1.807, 2.05) is 12.1 Å². The summed E-state index contributed by atoms with van der Waals surface area (Å²) in [6, 6.07) is 8.20. The van der Waals surface area contributed by atoms with Crippen LogP contribution in [-0.2, 0) is 10.2 Å². The molecule has 1 fully saturated rings. The Balaban J connectivity index is 0.00000220. The first-order valence-electron chi connectivity index (χ1n) is 7.56. The van der Waals surface area contributed by atoms with Crippen LogP contribution in [0.25, 0.3) is 0 Å². The minimum atomic E-state index is 0. The summed E-state index contributed by atoms with van der Waals surface area (Å²) in [5.74, 6) is 0.672. The number of carbonyl (C=O) groups excluding carboxylic acids is 1. The van der Waals surface area contributed by atoms with Crippen LogP contribution in [0.3, 0.4) is 0 Å². The van der Waals surface area contributed by atoms with Crippen molar-refractivity contribution in [1.82, 2.24) is 5.32 Å². The lowest BCUT2D eigenvalue weighted by Gasteiger charge is -2.22. The molecule has 1 aliphatic rings. The Bertz CT molecular complexity index is 445. The zero-order valence-electron chi connectivity index (χ0n) is 13.2. The summed E-state index contributed by atoms with van der Waals surface area (Å²) in [5.41, 5.74) is 2.34. The van der Waals surface area contributed by atoms with Crippen LogP contribution in [-0.4, -0.2) is 19.0 Å². The maximum atomic E-state index is 12.0. The predicted molar refractivity (Wildman–Crippen MR) is 91.2 cm³/mol. The summed E-state index contributed by atoms with van der Waals surface area (Å²) in [5, 5.41) is 6.33. The number of hydrogen-bond donors (Lipinski definition) is 2. The number of halogens is 1. The molecule has 1 saturated heterocycles. The van der Waals surface area contributed by atoms with Gasteiger partial charge in [-0.3, -0.25) is 4.79 Å². The lowest BCUT2D eigenvalue weighted by molar-refractivity contribution is -0.117. The third-order valence-electron chi connectivity index (χ3n) is 3.97. The van der Waals surface area contributed by atoms with Crippen LogP contribution < -0.4 is 10.6 Å². The van der Waals surface area contributed by atoms with Gasteiger partial charge < -0.3 is 10.6 Å². The molecule has 0 radical (unpaired) electrons. The quantitative estimate of drug-likeness (QED) is 0.893. The molecule has 1 aliphatic heterocycles. The van der Waals surface area contributed by atoms with Gasteiger partial charge in [0.15, 0.2) is 0 Å². The highest BCUT2D eigenvalue weighted by atomic mass is 35.5. The molecule has 118 valence electrons. The Morgan fingerprint density at radius 1 is 1.19 bits per heavy atom. The van der Waals surface area contributed by atoms with Crippen LogP contribution in [0.4, 0.5) is 5.69 Å². The molecule has 4 heteroatoms. The van der Waals surface area contributed by atoms with Crippen LogP contribution in [0.2, 0.25) is 0 Å². The van der Waals surface area contributed by atoms with Gasteiger partial charge in [0.25, 0.3) is 0 Å². The van der Waals surface area contributed by atoms with Gasteiger partial charge in [0, 0.05) is 12.1 Å². The molecule has 0 bridgehead atoms. The van der Waals surface area contributed by atoms with Gasteiger partial charge in [-0.1, -0.05) is 32.9 Å². The average molecular weight is 311 g/mol. The van der Waals surface area contributed by atoms with Crippen molar-refractivity contribution in [3.05, 3.63) is 29.8 Å². The van der Waals surface area contributed by atoms with Crippen molar-refractivity contribution in [2.45, 2.75) is 45.4 Å². The number of amides is 1. The van der Waals surface area contributed by atoms with Gasteiger partial charge >= 0.3 is 0 Å². The van der Waals surface area contributed by atoms with Gasteiger partial charge in [-0.05, 0) is 55.0 Å². The van der Waals surface area contributed by atoms with E-state index in [0.717, 1.165) is 31.6 Å². The van der Waals surface area contributed by atoms with Gasteiger partial charge in [-0.15, -0.1) is 12.4 Å². The Hall–Kier alpha value is -1.06. The van der Waals surface area contributed by atoms with Crippen molar-refractivity contribution in [2.75, 3.05) is 18.4 Å². The van der Waals surface area contributed by atoms with Gasteiger partial charge in [-0.25, -0.2) is 0 Å². The Morgan fingerprint density at radius 2 is 1.76 bits per heavy atom. The van der Waals surface area contributed by atoms with Crippen LogP contribution in [0.5, 0.6) is 0 Å². The number of hydrogen-bond acceptors (Lipinski definition) is 2. The number of piperidine rings is 1. The maximum Gasteiger partial charge on any atom is 0.224 e. The second-order valence-electron chi connectivity index (χ2n) is 6.77. The van der Waals surface area contributed by atoms with Crippen LogP contribution in [0.1, 0.15) is 45.6 Å². The molecule has 1 aromatic rings. The minimum absolute atomic E-state index is 0. The largest absolute Gasteiger partial charge is 0.326 e. The fourth-order valence-corrected chi connectivity index (χ4v) is 2.61. The van der Waals surface area contributed by atoms with E-state index in [-0.39, 0.29) is 23.7 Å². The van der Waals surface area contributed by atoms with Gasteiger partial charge in [0.2, 0.25) is 5.91 Å². The molecule has 3 nitrogen and oxygen atoms in total. The second kappa shape index (κ2) is 7.81. The smallest absolute Gasteiger partial charge is 0.224 e. The lowest BCUT2D eigenvalue weighted by Crippen LogP contribution is -2.30. The molecule has 1 heterocycles.